The van der Waals surface area contributed by atoms with Gasteiger partial charge in [-0.15, -0.1) is 0 Å². The van der Waals surface area contributed by atoms with E-state index in [0.29, 0.717) is 18.5 Å². The maximum atomic E-state index is 12.1. The highest BCUT2D eigenvalue weighted by Gasteiger charge is 2.27. The molecule has 0 fully saturated rings. The average Bonchev–Trinajstić information content (AvgIpc) is 3.02. The molecule has 0 amide bonds. The largest absolute Gasteiger partial charge is 0.284 e. The Bertz CT molecular complexity index is 1080. The van der Waals surface area contributed by atoms with Gasteiger partial charge < -0.3 is 0 Å². The lowest BCUT2D eigenvalue weighted by Crippen LogP contribution is -2.39. The second kappa shape index (κ2) is 7.85. The summed E-state index contributed by atoms with van der Waals surface area (Å²) in [6.45, 7) is 4.93. The van der Waals surface area contributed by atoms with Crippen molar-refractivity contribution in [3.63, 3.8) is 0 Å². The van der Waals surface area contributed by atoms with Gasteiger partial charge >= 0.3 is 0 Å². The molecule has 152 valence electrons. The lowest BCUT2D eigenvalue weighted by atomic mass is 10.0. The highest BCUT2D eigenvalue weighted by Crippen LogP contribution is 2.30. The molecule has 0 bridgehead atoms. The molecule has 1 unspecified atom stereocenters. The zero-order chi connectivity index (χ0) is 20.5. The Morgan fingerprint density at radius 1 is 0.964 bits per heavy atom. The molecule has 0 radical (unpaired) electrons. The van der Waals surface area contributed by atoms with Crippen molar-refractivity contribution in [3.05, 3.63) is 53.6 Å². The summed E-state index contributed by atoms with van der Waals surface area (Å²) in [6, 6.07) is 13.2. The van der Waals surface area contributed by atoms with Crippen molar-refractivity contribution < 1.29 is 16.8 Å². The first-order valence-corrected chi connectivity index (χ1v) is 12.5. The van der Waals surface area contributed by atoms with E-state index in [9.17, 15) is 16.8 Å². The number of hydrogen-bond donors (Lipinski definition) is 2. The van der Waals surface area contributed by atoms with E-state index in [1.54, 1.807) is 26.8 Å². The van der Waals surface area contributed by atoms with E-state index in [4.69, 9.17) is 0 Å². The number of fused-ring (bicyclic) bond motifs is 1. The van der Waals surface area contributed by atoms with E-state index < -0.39 is 25.3 Å². The molecule has 0 aliphatic heterocycles. The van der Waals surface area contributed by atoms with Crippen LogP contribution in [-0.2, 0) is 32.9 Å². The van der Waals surface area contributed by atoms with E-state index in [-0.39, 0.29) is 11.8 Å². The first-order valence-electron chi connectivity index (χ1n) is 9.33. The summed E-state index contributed by atoms with van der Waals surface area (Å²) in [5.74, 6) is 0.0176. The second-order valence-electron chi connectivity index (χ2n) is 7.39. The summed E-state index contributed by atoms with van der Waals surface area (Å²) in [5, 5.41) is -0.457. The van der Waals surface area contributed by atoms with Gasteiger partial charge in [-0.05, 0) is 68.0 Å². The summed E-state index contributed by atoms with van der Waals surface area (Å²) < 4.78 is 53.2. The van der Waals surface area contributed by atoms with Gasteiger partial charge in [-0.2, -0.15) is 0 Å². The number of sulfonamides is 2. The maximum absolute atomic E-state index is 12.1. The molecule has 0 aromatic heterocycles. The SMILES string of the molecule is CCS(=O)(=O)Nc1cccc(-c2ccc3c(c2)CC(NS(=O)(=O)C(C)C)C3)c1. The van der Waals surface area contributed by atoms with Gasteiger partial charge in [0.2, 0.25) is 20.0 Å². The van der Waals surface area contributed by atoms with Gasteiger partial charge in [-0.1, -0.05) is 30.3 Å². The zero-order valence-corrected chi connectivity index (χ0v) is 17.9. The minimum Gasteiger partial charge on any atom is -0.284 e. The number of nitrogens with one attached hydrogen (secondary N) is 2. The lowest BCUT2D eigenvalue weighted by molar-refractivity contribution is 0.547. The molecule has 0 saturated heterocycles. The molecule has 1 atom stereocenters. The third-order valence-electron chi connectivity index (χ3n) is 4.94. The first kappa shape index (κ1) is 20.8. The van der Waals surface area contributed by atoms with Crippen LogP contribution in [-0.4, -0.2) is 33.9 Å². The maximum Gasteiger partial charge on any atom is 0.232 e. The fourth-order valence-electron chi connectivity index (χ4n) is 3.26. The lowest BCUT2D eigenvalue weighted by Gasteiger charge is -2.14. The van der Waals surface area contributed by atoms with Crippen molar-refractivity contribution >= 4 is 25.7 Å². The molecule has 28 heavy (non-hydrogen) atoms. The molecule has 0 saturated carbocycles. The van der Waals surface area contributed by atoms with Crippen LogP contribution in [0.25, 0.3) is 11.1 Å². The van der Waals surface area contributed by atoms with Crippen LogP contribution in [0.1, 0.15) is 31.9 Å². The van der Waals surface area contributed by atoms with Gasteiger partial charge in [0, 0.05) is 11.7 Å². The van der Waals surface area contributed by atoms with Crippen molar-refractivity contribution in [1.82, 2.24) is 4.72 Å². The topological polar surface area (TPSA) is 92.3 Å². The van der Waals surface area contributed by atoms with Gasteiger partial charge in [0.1, 0.15) is 0 Å². The van der Waals surface area contributed by atoms with E-state index in [1.165, 1.54) is 0 Å². The minimum atomic E-state index is -3.33. The molecule has 1 aliphatic carbocycles. The summed E-state index contributed by atoms with van der Waals surface area (Å²) >= 11 is 0. The van der Waals surface area contributed by atoms with Crippen LogP contribution in [0, 0.1) is 0 Å². The van der Waals surface area contributed by atoms with Crippen molar-refractivity contribution in [1.29, 1.82) is 0 Å². The standard InChI is InChI=1S/C20H26N2O4S2/c1-4-27(23,24)21-19-7-5-6-15(11-19)16-8-9-17-12-20(13-18(17)10-16)22-28(25,26)14(2)3/h5-11,14,20-22H,4,12-13H2,1-3H3. The molecule has 2 aromatic carbocycles. The first-order chi connectivity index (χ1) is 13.1. The van der Waals surface area contributed by atoms with Gasteiger partial charge in [0.15, 0.2) is 0 Å². The van der Waals surface area contributed by atoms with Crippen molar-refractivity contribution in [2.45, 2.75) is 44.9 Å². The van der Waals surface area contributed by atoms with Crippen molar-refractivity contribution in [2.24, 2.45) is 0 Å². The normalized spacial score (nSPS) is 16.9. The fourth-order valence-corrected chi connectivity index (χ4v) is 4.80. The fraction of sp³-hybridized carbons (Fsp3) is 0.400. The molecule has 0 heterocycles. The zero-order valence-electron chi connectivity index (χ0n) is 16.3. The number of hydrogen-bond acceptors (Lipinski definition) is 4. The molecule has 2 N–H and O–H groups in total. The molecular formula is C20H26N2O4S2. The summed E-state index contributed by atoms with van der Waals surface area (Å²) in [6.07, 6.45) is 1.33. The third-order valence-corrected chi connectivity index (χ3v) is 8.15. The Kier molecular flexibility index (Phi) is 5.84. The Morgan fingerprint density at radius 2 is 1.64 bits per heavy atom. The molecule has 6 nitrogen and oxygen atoms in total. The van der Waals surface area contributed by atoms with E-state index in [0.717, 1.165) is 22.3 Å². The highest BCUT2D eigenvalue weighted by molar-refractivity contribution is 7.92. The second-order valence-corrected chi connectivity index (χ2v) is 11.7. The van der Waals surface area contributed by atoms with Gasteiger partial charge in [-0.3, -0.25) is 4.72 Å². The van der Waals surface area contributed by atoms with Crippen LogP contribution in [0.2, 0.25) is 0 Å². The van der Waals surface area contributed by atoms with Crippen LogP contribution in [0.15, 0.2) is 42.5 Å². The van der Waals surface area contributed by atoms with Gasteiger partial charge in [-0.25, -0.2) is 21.6 Å². The van der Waals surface area contributed by atoms with E-state index in [1.807, 2.05) is 30.3 Å². The average molecular weight is 423 g/mol. The quantitative estimate of drug-likeness (QED) is 0.718. The molecule has 3 rings (SSSR count). The van der Waals surface area contributed by atoms with Gasteiger partial charge in [0.05, 0.1) is 11.0 Å². The Morgan fingerprint density at radius 3 is 2.32 bits per heavy atom. The number of benzene rings is 2. The predicted molar refractivity (Wildman–Crippen MR) is 113 cm³/mol. The molecule has 1 aliphatic rings. The van der Waals surface area contributed by atoms with Crippen LogP contribution in [0.5, 0.6) is 0 Å². The smallest absolute Gasteiger partial charge is 0.232 e. The summed E-state index contributed by atoms with van der Waals surface area (Å²) in [5.41, 5.74) is 4.67. The van der Waals surface area contributed by atoms with Crippen LogP contribution in [0.4, 0.5) is 5.69 Å². The molecular weight excluding hydrogens is 396 g/mol. The van der Waals surface area contributed by atoms with Crippen molar-refractivity contribution in [2.75, 3.05) is 10.5 Å². The summed E-state index contributed by atoms with van der Waals surface area (Å²) in [4.78, 5) is 0. The Balaban J connectivity index is 1.81. The third kappa shape index (κ3) is 4.74. The monoisotopic (exact) mass is 422 g/mol. The van der Waals surface area contributed by atoms with Gasteiger partial charge in [0.25, 0.3) is 0 Å². The summed E-state index contributed by atoms with van der Waals surface area (Å²) in [7, 11) is -6.63. The highest BCUT2D eigenvalue weighted by atomic mass is 32.2. The Hall–Kier alpha value is -1.90. The van der Waals surface area contributed by atoms with Crippen molar-refractivity contribution in [3.8, 4) is 11.1 Å². The van der Waals surface area contributed by atoms with Crippen LogP contribution < -0.4 is 9.44 Å². The van der Waals surface area contributed by atoms with Crippen LogP contribution >= 0.6 is 0 Å². The molecule has 8 heteroatoms. The molecule has 2 aromatic rings. The van der Waals surface area contributed by atoms with Crippen LogP contribution in [0.3, 0.4) is 0 Å². The molecule has 0 spiro atoms. The Labute approximate surface area is 167 Å². The predicted octanol–water partition coefficient (Wildman–Crippen LogP) is 2.91. The number of rotatable bonds is 7. The number of anilines is 1. The minimum absolute atomic E-state index is 0.0176. The van der Waals surface area contributed by atoms with E-state index >= 15 is 0 Å². The van der Waals surface area contributed by atoms with E-state index in [2.05, 4.69) is 15.5 Å².